The number of hydrogen-bond acceptors (Lipinski definition) is 14. The number of unbranched alkanes of at least 4 members (excludes halogenated alkanes) is 35. The SMILES string of the molecule is CC/C=C\C/C=C\C/C=C\C/C=C\C/C=C\C/C=C\CCCCCCCCCCCCCCCCCCC(=O)OCC(O)COP(=O)(O)OCC(O)COP(=O)(O)OCC(COC(=O)CCCCCCCCCCC/C=C\C/C=C\C/C=C\C/C=C\C/C=C\CC)OC(=O)CCCCCCCCCCCCC. The molecule has 0 spiro atoms. The van der Waals surface area contributed by atoms with E-state index >= 15 is 0 Å². The fourth-order valence-electron chi connectivity index (χ4n) is 11.5. The number of allylic oxidation sites excluding steroid dienone is 22. The van der Waals surface area contributed by atoms with Crippen LogP contribution in [0.1, 0.15) is 355 Å². The Morgan fingerprint density at radius 1 is 0.271 bits per heavy atom. The van der Waals surface area contributed by atoms with Crippen LogP contribution in [-0.2, 0) is 55.8 Å². The van der Waals surface area contributed by atoms with E-state index in [1.807, 2.05) is 0 Å². The Hall–Kier alpha value is -4.31. The van der Waals surface area contributed by atoms with E-state index in [2.05, 4.69) is 154 Å². The molecule has 0 saturated heterocycles. The molecule has 0 bridgehead atoms. The van der Waals surface area contributed by atoms with Crippen LogP contribution in [0.4, 0.5) is 0 Å². The molecule has 0 aromatic rings. The minimum atomic E-state index is -4.93. The standard InChI is InChI=1S/C89H154O16P2/c1-4-7-10-13-16-19-22-24-26-28-30-32-34-36-37-38-39-40-41-42-43-44-45-47-49-50-52-54-56-58-61-63-66-69-72-75-87(92)99-78-84(90)79-101-106(95,96)102-80-85(91)81-103-107(97,98)104-83-86(105-89(94)77-74-71-68-65-60-21-18-15-12-9-6-3)82-100-88(93)76-73-70-67-64-62-59-57-55-53-51-48-46-35-33-31-29-27-25-23-20-17-14-11-8-5-2/h7-8,10-11,16-17,19-20,24-27,30-33,36-37,39-40,46,48,84-86,90-91H,4-6,9,12-15,18,21-23,28-29,34-35,38,41-45,47,49-83H2,1-3H3,(H,95,96)(H,97,98)/b10-7-,11-8-,19-16-,20-17-,26-24-,27-25-,32-30-,33-31-,37-36-,40-39-,48-46-. The van der Waals surface area contributed by atoms with Crippen LogP contribution < -0.4 is 0 Å². The second-order valence-corrected chi connectivity index (χ2v) is 31.1. The van der Waals surface area contributed by atoms with Crippen LogP contribution in [0.15, 0.2) is 134 Å². The third-order valence-corrected chi connectivity index (χ3v) is 19.8. The highest BCUT2D eigenvalue weighted by Gasteiger charge is 2.29. The smallest absolute Gasteiger partial charge is 0.463 e. The number of aliphatic hydroxyl groups is 2. The maximum Gasteiger partial charge on any atom is 0.472 e. The fraction of sp³-hybridized carbons (Fsp3) is 0.719. The molecule has 0 radical (unpaired) electrons. The van der Waals surface area contributed by atoms with Gasteiger partial charge in [0.2, 0.25) is 0 Å². The predicted molar refractivity (Wildman–Crippen MR) is 445 cm³/mol. The second kappa shape index (κ2) is 81.2. The van der Waals surface area contributed by atoms with Crippen LogP contribution in [0, 0.1) is 0 Å². The Morgan fingerprint density at radius 3 is 0.785 bits per heavy atom. The number of hydrogen-bond donors (Lipinski definition) is 4. The summed E-state index contributed by atoms with van der Waals surface area (Å²) in [7, 11) is -9.78. The molecular formula is C89H154O16P2. The van der Waals surface area contributed by atoms with Crippen molar-refractivity contribution in [1.29, 1.82) is 0 Å². The third kappa shape index (κ3) is 82.5. The van der Waals surface area contributed by atoms with Gasteiger partial charge in [0.1, 0.15) is 25.4 Å². The summed E-state index contributed by atoms with van der Waals surface area (Å²) in [5.41, 5.74) is 0. The van der Waals surface area contributed by atoms with Crippen LogP contribution in [0.2, 0.25) is 0 Å². The first-order valence-electron chi connectivity index (χ1n) is 42.5. The lowest BCUT2D eigenvalue weighted by molar-refractivity contribution is -0.161. The Morgan fingerprint density at radius 2 is 0.495 bits per heavy atom. The van der Waals surface area contributed by atoms with E-state index in [1.54, 1.807) is 0 Å². The molecule has 0 amide bonds. The Labute approximate surface area is 652 Å². The van der Waals surface area contributed by atoms with E-state index < -0.39 is 91.5 Å². The van der Waals surface area contributed by atoms with Gasteiger partial charge in [-0.05, 0) is 116 Å². The highest BCUT2D eigenvalue weighted by Crippen LogP contribution is 2.45. The molecule has 107 heavy (non-hydrogen) atoms. The summed E-state index contributed by atoms with van der Waals surface area (Å²) in [6.45, 7) is 2.47. The zero-order valence-corrected chi connectivity index (χ0v) is 69.3. The molecule has 0 aliphatic heterocycles. The minimum absolute atomic E-state index is 0.105. The first kappa shape index (κ1) is 103. The fourth-order valence-corrected chi connectivity index (χ4v) is 13.1. The molecule has 16 nitrogen and oxygen atoms in total. The van der Waals surface area contributed by atoms with Crippen molar-refractivity contribution in [3.63, 3.8) is 0 Å². The summed E-state index contributed by atoms with van der Waals surface area (Å²) in [5.74, 6) is -1.57. The summed E-state index contributed by atoms with van der Waals surface area (Å²) in [5, 5.41) is 20.7. The Kier molecular flexibility index (Phi) is 77.9. The van der Waals surface area contributed by atoms with Crippen LogP contribution >= 0.6 is 15.6 Å². The van der Waals surface area contributed by atoms with Crippen molar-refractivity contribution >= 4 is 33.6 Å². The normalized spacial score (nSPS) is 14.6. The number of rotatable bonds is 80. The Balaban J connectivity index is 4.35. The van der Waals surface area contributed by atoms with Gasteiger partial charge in [0.25, 0.3) is 0 Å². The van der Waals surface area contributed by atoms with Gasteiger partial charge < -0.3 is 34.2 Å². The molecule has 0 saturated carbocycles. The monoisotopic (exact) mass is 1540 g/mol. The Bertz CT molecular complexity index is 2480. The van der Waals surface area contributed by atoms with E-state index in [1.165, 1.54) is 148 Å². The highest BCUT2D eigenvalue weighted by atomic mass is 31.2. The largest absolute Gasteiger partial charge is 0.472 e. The predicted octanol–water partition coefficient (Wildman–Crippen LogP) is 25.4. The average Bonchev–Trinajstić information content (AvgIpc) is 0.903. The van der Waals surface area contributed by atoms with Gasteiger partial charge >= 0.3 is 33.6 Å². The van der Waals surface area contributed by atoms with Crippen molar-refractivity contribution in [3.05, 3.63) is 134 Å². The van der Waals surface area contributed by atoms with Crippen LogP contribution in [0.3, 0.4) is 0 Å². The van der Waals surface area contributed by atoms with Crippen LogP contribution in [0.25, 0.3) is 0 Å². The van der Waals surface area contributed by atoms with E-state index in [4.69, 9.17) is 32.3 Å². The van der Waals surface area contributed by atoms with E-state index in [-0.39, 0.29) is 19.3 Å². The van der Waals surface area contributed by atoms with Crippen molar-refractivity contribution < 1.29 is 75.8 Å². The summed E-state index contributed by atoms with van der Waals surface area (Å²) in [6, 6.07) is 0. The molecule has 0 rings (SSSR count). The van der Waals surface area contributed by atoms with E-state index in [0.29, 0.717) is 19.3 Å². The van der Waals surface area contributed by atoms with Crippen LogP contribution in [0.5, 0.6) is 0 Å². The lowest BCUT2D eigenvalue weighted by Gasteiger charge is -2.21. The molecule has 0 fully saturated rings. The number of carbonyl (C=O) groups is 3. The number of phosphoric acid groups is 2. The topological polar surface area (TPSA) is 231 Å². The molecule has 0 aromatic heterocycles. The van der Waals surface area contributed by atoms with Gasteiger partial charge in [-0.15, -0.1) is 0 Å². The number of aliphatic hydroxyl groups excluding tert-OH is 2. The molecule has 0 aliphatic carbocycles. The maximum atomic E-state index is 12.9. The summed E-state index contributed by atoms with van der Waals surface area (Å²) in [4.78, 5) is 58.6. The number of esters is 3. The van der Waals surface area contributed by atoms with Gasteiger partial charge in [0, 0.05) is 19.3 Å². The average molecular weight is 1540 g/mol. The van der Waals surface area contributed by atoms with Gasteiger partial charge in [-0.3, -0.25) is 32.5 Å². The first-order chi connectivity index (χ1) is 52.2. The summed E-state index contributed by atoms with van der Waals surface area (Å²) < 4.78 is 61.2. The molecular weight excluding hydrogens is 1390 g/mol. The van der Waals surface area contributed by atoms with Gasteiger partial charge in [-0.2, -0.15) is 0 Å². The lowest BCUT2D eigenvalue weighted by atomic mass is 10.0. The van der Waals surface area contributed by atoms with Crippen LogP contribution in [-0.4, -0.2) is 95.9 Å². The van der Waals surface area contributed by atoms with Crippen molar-refractivity contribution in [3.8, 4) is 0 Å². The molecule has 4 N–H and O–H groups in total. The van der Waals surface area contributed by atoms with Crippen molar-refractivity contribution in [2.45, 2.75) is 373 Å². The molecule has 0 aliphatic rings. The number of ether oxygens (including phenoxy) is 3. The van der Waals surface area contributed by atoms with Gasteiger partial charge in [0.15, 0.2) is 6.10 Å². The van der Waals surface area contributed by atoms with Crippen molar-refractivity contribution in [1.82, 2.24) is 0 Å². The summed E-state index contributed by atoms with van der Waals surface area (Å²) in [6.07, 6.45) is 99.5. The zero-order chi connectivity index (χ0) is 78.0. The van der Waals surface area contributed by atoms with E-state index in [0.717, 1.165) is 148 Å². The molecule has 5 unspecified atom stereocenters. The van der Waals surface area contributed by atoms with Gasteiger partial charge in [-0.25, -0.2) is 9.13 Å². The lowest BCUT2D eigenvalue weighted by Crippen LogP contribution is -2.30. The molecule has 5 atom stereocenters. The second-order valence-electron chi connectivity index (χ2n) is 28.2. The quantitative estimate of drug-likeness (QED) is 0.0146. The third-order valence-electron chi connectivity index (χ3n) is 17.9. The molecule has 616 valence electrons. The molecule has 0 aromatic carbocycles. The van der Waals surface area contributed by atoms with E-state index in [9.17, 15) is 43.5 Å². The van der Waals surface area contributed by atoms with Gasteiger partial charge in [0.05, 0.1) is 26.4 Å². The van der Waals surface area contributed by atoms with Crippen molar-refractivity contribution in [2.75, 3.05) is 39.6 Å². The number of phosphoric ester groups is 2. The molecule has 0 heterocycles. The molecule has 18 heteroatoms. The van der Waals surface area contributed by atoms with Gasteiger partial charge in [-0.1, -0.05) is 353 Å². The van der Waals surface area contributed by atoms with Crippen molar-refractivity contribution in [2.24, 2.45) is 0 Å². The minimum Gasteiger partial charge on any atom is -0.463 e. The maximum absolute atomic E-state index is 12.9. The number of carbonyl (C=O) groups excluding carboxylic acids is 3. The summed E-state index contributed by atoms with van der Waals surface area (Å²) >= 11 is 0. The highest BCUT2D eigenvalue weighted by molar-refractivity contribution is 7.47. The zero-order valence-electron chi connectivity index (χ0n) is 67.5. The first-order valence-corrected chi connectivity index (χ1v) is 45.5.